The smallest absolute Gasteiger partial charge is 0.349 e. The van der Waals surface area contributed by atoms with Crippen molar-refractivity contribution in [3.8, 4) is 0 Å². The first-order valence-electron chi connectivity index (χ1n) is 8.31. The van der Waals surface area contributed by atoms with Gasteiger partial charge in [0.2, 0.25) is 0 Å². The summed E-state index contributed by atoms with van der Waals surface area (Å²) >= 11 is 0. The molecule has 0 aliphatic carbocycles. The van der Waals surface area contributed by atoms with Crippen molar-refractivity contribution in [1.29, 1.82) is 0 Å². The van der Waals surface area contributed by atoms with E-state index in [0.717, 1.165) is 18.8 Å². The second-order valence-electron chi connectivity index (χ2n) is 5.66. The van der Waals surface area contributed by atoms with Crippen LogP contribution in [0.15, 0.2) is 63.8 Å². The standard InChI is InChI=1S/C20H20N2O3/c1-3-22(4-2)16-11-9-15(10-12-16)21-19(23)17-13-14-7-5-6-8-18(14)25-20(17)24/h5-13H,3-4H2,1-2H3,(H,21,23). The van der Waals surface area contributed by atoms with Crippen LogP contribution in [0.25, 0.3) is 11.0 Å². The van der Waals surface area contributed by atoms with Crippen molar-refractivity contribution in [2.45, 2.75) is 13.8 Å². The van der Waals surface area contributed by atoms with E-state index in [0.29, 0.717) is 16.7 Å². The predicted molar refractivity (Wildman–Crippen MR) is 100 cm³/mol. The Bertz CT molecular complexity index is 941. The molecule has 3 aromatic rings. The molecule has 0 saturated carbocycles. The molecule has 0 spiro atoms. The number of rotatable bonds is 5. The van der Waals surface area contributed by atoms with Crippen molar-refractivity contribution < 1.29 is 9.21 Å². The van der Waals surface area contributed by atoms with Crippen molar-refractivity contribution >= 4 is 28.3 Å². The highest BCUT2D eigenvalue weighted by Gasteiger charge is 2.14. The Hall–Kier alpha value is -3.08. The fourth-order valence-electron chi connectivity index (χ4n) is 2.76. The van der Waals surface area contributed by atoms with Crippen LogP contribution in [0.5, 0.6) is 0 Å². The number of carbonyl (C=O) groups excluding carboxylic acids is 1. The van der Waals surface area contributed by atoms with Gasteiger partial charge in [0.05, 0.1) is 0 Å². The number of nitrogens with zero attached hydrogens (tertiary/aromatic N) is 1. The summed E-state index contributed by atoms with van der Waals surface area (Å²) < 4.78 is 5.21. The summed E-state index contributed by atoms with van der Waals surface area (Å²) in [5.41, 5.74) is 1.54. The van der Waals surface area contributed by atoms with Crippen LogP contribution >= 0.6 is 0 Å². The molecule has 0 aliphatic heterocycles. The van der Waals surface area contributed by atoms with Gasteiger partial charge in [-0.3, -0.25) is 4.79 Å². The molecule has 0 radical (unpaired) electrons. The Morgan fingerprint density at radius 2 is 1.72 bits per heavy atom. The summed E-state index contributed by atoms with van der Waals surface area (Å²) in [4.78, 5) is 26.7. The lowest BCUT2D eigenvalue weighted by atomic mass is 10.1. The second kappa shape index (κ2) is 7.21. The largest absolute Gasteiger partial charge is 0.422 e. The van der Waals surface area contributed by atoms with Gasteiger partial charge in [-0.1, -0.05) is 18.2 Å². The summed E-state index contributed by atoms with van der Waals surface area (Å²) in [6.07, 6.45) is 0. The maximum atomic E-state index is 12.4. The lowest BCUT2D eigenvalue weighted by Gasteiger charge is -2.21. The summed E-state index contributed by atoms with van der Waals surface area (Å²) in [6.45, 7) is 6.02. The van der Waals surface area contributed by atoms with Gasteiger partial charge in [-0.2, -0.15) is 0 Å². The van der Waals surface area contributed by atoms with Gasteiger partial charge in [0, 0.05) is 29.9 Å². The van der Waals surface area contributed by atoms with E-state index in [1.807, 2.05) is 30.3 Å². The van der Waals surface area contributed by atoms with Crippen LogP contribution in [0.3, 0.4) is 0 Å². The number of fused-ring (bicyclic) bond motifs is 1. The molecule has 5 heteroatoms. The monoisotopic (exact) mass is 336 g/mol. The van der Waals surface area contributed by atoms with Crippen molar-refractivity contribution in [2.24, 2.45) is 0 Å². The minimum atomic E-state index is -0.643. The van der Waals surface area contributed by atoms with Gasteiger partial charge >= 0.3 is 5.63 Å². The fraction of sp³-hybridized carbons (Fsp3) is 0.200. The lowest BCUT2D eigenvalue weighted by molar-refractivity contribution is 0.102. The van der Waals surface area contributed by atoms with E-state index in [2.05, 4.69) is 24.1 Å². The Kier molecular flexibility index (Phi) is 4.84. The quantitative estimate of drug-likeness (QED) is 0.718. The van der Waals surface area contributed by atoms with Crippen molar-refractivity contribution in [3.63, 3.8) is 0 Å². The molecule has 1 heterocycles. The van der Waals surface area contributed by atoms with Gasteiger partial charge in [-0.25, -0.2) is 4.79 Å². The SMILES string of the molecule is CCN(CC)c1ccc(NC(=O)c2cc3ccccc3oc2=O)cc1. The molecule has 2 aromatic carbocycles. The summed E-state index contributed by atoms with van der Waals surface area (Å²) in [6, 6.07) is 16.2. The van der Waals surface area contributed by atoms with Gasteiger partial charge in [-0.05, 0) is 50.2 Å². The molecule has 1 amide bonds. The van der Waals surface area contributed by atoms with Gasteiger partial charge in [0.15, 0.2) is 0 Å². The van der Waals surface area contributed by atoms with Crippen LogP contribution in [0.1, 0.15) is 24.2 Å². The zero-order valence-corrected chi connectivity index (χ0v) is 14.3. The Morgan fingerprint density at radius 1 is 1.04 bits per heavy atom. The van der Waals surface area contributed by atoms with Crippen LogP contribution in [-0.2, 0) is 0 Å². The first-order chi connectivity index (χ1) is 12.1. The fourth-order valence-corrected chi connectivity index (χ4v) is 2.76. The van der Waals surface area contributed by atoms with Crippen LogP contribution in [0, 0.1) is 0 Å². The lowest BCUT2D eigenvalue weighted by Crippen LogP contribution is -2.22. The van der Waals surface area contributed by atoms with E-state index in [1.54, 1.807) is 24.3 Å². The molecule has 128 valence electrons. The molecule has 25 heavy (non-hydrogen) atoms. The molecule has 0 aliphatic rings. The minimum Gasteiger partial charge on any atom is -0.422 e. The molecule has 1 N–H and O–H groups in total. The van der Waals surface area contributed by atoms with E-state index in [9.17, 15) is 9.59 Å². The first kappa shape index (κ1) is 16.8. The van der Waals surface area contributed by atoms with Crippen LogP contribution in [0.4, 0.5) is 11.4 Å². The average molecular weight is 336 g/mol. The highest BCUT2D eigenvalue weighted by molar-refractivity contribution is 6.05. The molecular formula is C20H20N2O3. The van der Waals surface area contributed by atoms with E-state index in [1.165, 1.54) is 0 Å². The molecule has 1 aromatic heterocycles. The number of hydrogen-bond donors (Lipinski definition) is 1. The topological polar surface area (TPSA) is 62.6 Å². The summed E-state index contributed by atoms with van der Waals surface area (Å²) in [7, 11) is 0. The number of benzene rings is 2. The molecule has 0 unspecified atom stereocenters. The third-order valence-electron chi connectivity index (χ3n) is 4.14. The van der Waals surface area contributed by atoms with E-state index >= 15 is 0 Å². The van der Waals surface area contributed by atoms with Crippen LogP contribution in [0.2, 0.25) is 0 Å². The van der Waals surface area contributed by atoms with Crippen molar-refractivity contribution in [1.82, 2.24) is 0 Å². The summed E-state index contributed by atoms with van der Waals surface area (Å²) in [5, 5.41) is 3.46. The number of anilines is 2. The Balaban J connectivity index is 1.82. The van der Waals surface area contributed by atoms with Gasteiger partial charge < -0.3 is 14.6 Å². The molecule has 3 rings (SSSR count). The van der Waals surface area contributed by atoms with Crippen LogP contribution < -0.4 is 15.8 Å². The predicted octanol–water partition coefficient (Wildman–Crippen LogP) is 3.89. The van der Waals surface area contributed by atoms with E-state index in [4.69, 9.17) is 4.42 Å². The average Bonchev–Trinajstić information content (AvgIpc) is 2.63. The highest BCUT2D eigenvalue weighted by Crippen LogP contribution is 2.19. The number of nitrogens with one attached hydrogen (secondary N) is 1. The number of para-hydroxylation sites is 1. The third-order valence-corrected chi connectivity index (χ3v) is 4.14. The molecule has 0 saturated heterocycles. The van der Waals surface area contributed by atoms with E-state index < -0.39 is 11.5 Å². The van der Waals surface area contributed by atoms with Gasteiger partial charge in [0.25, 0.3) is 5.91 Å². The van der Waals surface area contributed by atoms with Crippen LogP contribution in [-0.4, -0.2) is 19.0 Å². The zero-order valence-electron chi connectivity index (χ0n) is 14.3. The second-order valence-corrected chi connectivity index (χ2v) is 5.66. The zero-order chi connectivity index (χ0) is 17.8. The summed E-state index contributed by atoms with van der Waals surface area (Å²) in [5.74, 6) is -0.477. The Labute approximate surface area is 145 Å². The molecular weight excluding hydrogens is 316 g/mol. The maximum absolute atomic E-state index is 12.4. The number of amides is 1. The minimum absolute atomic E-state index is 0.00785. The molecule has 0 atom stereocenters. The van der Waals surface area contributed by atoms with Gasteiger partial charge in [-0.15, -0.1) is 0 Å². The number of carbonyl (C=O) groups is 1. The highest BCUT2D eigenvalue weighted by atomic mass is 16.4. The first-order valence-corrected chi connectivity index (χ1v) is 8.31. The number of hydrogen-bond acceptors (Lipinski definition) is 4. The molecule has 0 bridgehead atoms. The van der Waals surface area contributed by atoms with E-state index in [-0.39, 0.29) is 5.56 Å². The molecule has 5 nitrogen and oxygen atoms in total. The maximum Gasteiger partial charge on any atom is 0.349 e. The van der Waals surface area contributed by atoms with Crippen molar-refractivity contribution in [2.75, 3.05) is 23.3 Å². The molecule has 0 fully saturated rings. The third kappa shape index (κ3) is 3.55. The van der Waals surface area contributed by atoms with Crippen molar-refractivity contribution in [3.05, 3.63) is 70.6 Å². The van der Waals surface area contributed by atoms with Gasteiger partial charge in [0.1, 0.15) is 11.1 Å². The normalized spacial score (nSPS) is 10.6. The Morgan fingerprint density at radius 3 is 2.40 bits per heavy atom.